The second kappa shape index (κ2) is 4.33. The largest absolute Gasteiger partial charge is 0.476 e. The molecular weight excluding hydrogens is 282 g/mol. The summed E-state index contributed by atoms with van der Waals surface area (Å²) in [5, 5.41) is 0. The fourth-order valence-corrected chi connectivity index (χ4v) is 2.33. The Kier molecular flexibility index (Phi) is 3.17. The number of halogens is 1. The Bertz CT molecular complexity index is 457. The molecular formula is C13H16BrNO2. The van der Waals surface area contributed by atoms with E-state index in [2.05, 4.69) is 22.9 Å². The van der Waals surface area contributed by atoms with Gasteiger partial charge in [-0.15, -0.1) is 0 Å². The Balaban J connectivity index is 2.50. The molecule has 3 nitrogen and oxygen atoms in total. The first-order chi connectivity index (χ1) is 7.95. The maximum atomic E-state index is 12.3. The van der Waals surface area contributed by atoms with Gasteiger partial charge in [-0.3, -0.25) is 4.79 Å². The van der Waals surface area contributed by atoms with Crippen molar-refractivity contribution in [3.05, 3.63) is 22.7 Å². The predicted molar refractivity (Wildman–Crippen MR) is 71.5 cm³/mol. The van der Waals surface area contributed by atoms with Crippen LogP contribution in [0.25, 0.3) is 0 Å². The van der Waals surface area contributed by atoms with Crippen molar-refractivity contribution in [2.45, 2.75) is 32.8 Å². The van der Waals surface area contributed by atoms with E-state index in [1.54, 1.807) is 0 Å². The molecule has 0 fully saturated rings. The summed E-state index contributed by atoms with van der Waals surface area (Å²) >= 11 is 3.42. The first-order valence-corrected chi connectivity index (χ1v) is 6.55. The number of rotatable bonds is 2. The standard InChI is InChI=1S/C13H16BrNO2/c1-4-7-15-10-6-5-9(14)8-11(10)17-13(2,3)12(15)16/h5-6,8H,4,7H2,1-3H3. The Hall–Kier alpha value is -1.03. The predicted octanol–water partition coefficient (Wildman–Crippen LogP) is 3.36. The van der Waals surface area contributed by atoms with Crippen molar-refractivity contribution in [2.75, 3.05) is 11.4 Å². The summed E-state index contributed by atoms with van der Waals surface area (Å²) in [6, 6.07) is 5.75. The van der Waals surface area contributed by atoms with Gasteiger partial charge in [-0.1, -0.05) is 22.9 Å². The van der Waals surface area contributed by atoms with Gasteiger partial charge in [-0.2, -0.15) is 0 Å². The van der Waals surface area contributed by atoms with Gasteiger partial charge in [0.15, 0.2) is 5.60 Å². The summed E-state index contributed by atoms with van der Waals surface area (Å²) in [7, 11) is 0. The Morgan fingerprint density at radius 1 is 1.41 bits per heavy atom. The summed E-state index contributed by atoms with van der Waals surface area (Å²) in [5.74, 6) is 0.784. The molecule has 0 saturated heterocycles. The second-order valence-corrected chi connectivity index (χ2v) is 5.60. The molecule has 2 rings (SSSR count). The van der Waals surface area contributed by atoms with Crippen LogP contribution in [0.5, 0.6) is 5.75 Å². The van der Waals surface area contributed by atoms with Crippen LogP contribution < -0.4 is 9.64 Å². The maximum absolute atomic E-state index is 12.3. The molecule has 1 aromatic rings. The quantitative estimate of drug-likeness (QED) is 0.838. The van der Waals surface area contributed by atoms with E-state index >= 15 is 0 Å². The van der Waals surface area contributed by atoms with Gasteiger partial charge in [-0.05, 0) is 38.5 Å². The number of amides is 1. The molecule has 0 unspecified atom stereocenters. The number of hydrogen-bond donors (Lipinski definition) is 0. The number of hydrogen-bond acceptors (Lipinski definition) is 2. The third-order valence-corrected chi connectivity index (χ3v) is 3.28. The number of nitrogens with zero attached hydrogens (tertiary/aromatic N) is 1. The number of carbonyl (C=O) groups is 1. The third-order valence-electron chi connectivity index (χ3n) is 2.79. The zero-order chi connectivity index (χ0) is 12.6. The van der Waals surface area contributed by atoms with Gasteiger partial charge >= 0.3 is 0 Å². The average molecular weight is 298 g/mol. The molecule has 0 atom stereocenters. The van der Waals surface area contributed by atoms with Gasteiger partial charge in [0.05, 0.1) is 5.69 Å². The van der Waals surface area contributed by atoms with E-state index in [-0.39, 0.29) is 5.91 Å². The molecule has 1 heterocycles. The lowest BCUT2D eigenvalue weighted by atomic mass is 10.0. The fourth-order valence-electron chi connectivity index (χ4n) is 1.99. The van der Waals surface area contributed by atoms with Crippen LogP contribution in [-0.4, -0.2) is 18.1 Å². The maximum Gasteiger partial charge on any atom is 0.270 e. The summed E-state index contributed by atoms with van der Waals surface area (Å²) in [6.45, 7) is 6.40. The monoisotopic (exact) mass is 297 g/mol. The first kappa shape index (κ1) is 12.4. The van der Waals surface area contributed by atoms with Crippen molar-refractivity contribution < 1.29 is 9.53 Å². The van der Waals surface area contributed by atoms with Gasteiger partial charge in [0, 0.05) is 11.0 Å². The highest BCUT2D eigenvalue weighted by molar-refractivity contribution is 9.10. The van der Waals surface area contributed by atoms with Crippen LogP contribution in [0.15, 0.2) is 22.7 Å². The topological polar surface area (TPSA) is 29.5 Å². The number of anilines is 1. The van der Waals surface area contributed by atoms with Crippen LogP contribution in [0.2, 0.25) is 0 Å². The van der Waals surface area contributed by atoms with Crippen molar-refractivity contribution in [3.8, 4) is 5.75 Å². The van der Waals surface area contributed by atoms with Crippen molar-refractivity contribution in [1.29, 1.82) is 0 Å². The van der Waals surface area contributed by atoms with E-state index in [1.807, 2.05) is 36.9 Å². The molecule has 0 saturated carbocycles. The zero-order valence-corrected chi connectivity index (χ0v) is 11.9. The van der Waals surface area contributed by atoms with Crippen LogP contribution in [0, 0.1) is 0 Å². The lowest BCUT2D eigenvalue weighted by Crippen LogP contribution is -2.52. The number of carbonyl (C=O) groups excluding carboxylic acids is 1. The molecule has 1 amide bonds. The molecule has 1 aliphatic rings. The molecule has 0 radical (unpaired) electrons. The Morgan fingerprint density at radius 3 is 2.76 bits per heavy atom. The lowest BCUT2D eigenvalue weighted by Gasteiger charge is -2.38. The van der Waals surface area contributed by atoms with E-state index in [4.69, 9.17) is 4.74 Å². The van der Waals surface area contributed by atoms with Gasteiger partial charge in [0.1, 0.15) is 5.75 Å². The van der Waals surface area contributed by atoms with Crippen molar-refractivity contribution in [2.24, 2.45) is 0 Å². The van der Waals surface area contributed by atoms with Crippen LogP contribution in [0.3, 0.4) is 0 Å². The minimum atomic E-state index is -0.789. The summed E-state index contributed by atoms with van der Waals surface area (Å²) in [5.41, 5.74) is 0.0718. The zero-order valence-electron chi connectivity index (χ0n) is 10.3. The first-order valence-electron chi connectivity index (χ1n) is 5.76. The normalized spacial score (nSPS) is 17.6. The van der Waals surface area contributed by atoms with Gasteiger partial charge < -0.3 is 9.64 Å². The molecule has 1 aliphatic heterocycles. The molecule has 17 heavy (non-hydrogen) atoms. The smallest absolute Gasteiger partial charge is 0.270 e. The van der Waals surface area contributed by atoms with Gasteiger partial charge in [0.25, 0.3) is 5.91 Å². The van der Waals surface area contributed by atoms with E-state index in [0.29, 0.717) is 0 Å². The molecule has 0 N–H and O–H groups in total. The van der Waals surface area contributed by atoms with Gasteiger partial charge in [0.2, 0.25) is 0 Å². The van der Waals surface area contributed by atoms with Crippen LogP contribution >= 0.6 is 15.9 Å². The van der Waals surface area contributed by atoms with Crippen molar-refractivity contribution in [1.82, 2.24) is 0 Å². The minimum Gasteiger partial charge on any atom is -0.476 e. The van der Waals surface area contributed by atoms with Crippen LogP contribution in [0.1, 0.15) is 27.2 Å². The van der Waals surface area contributed by atoms with E-state index in [0.717, 1.165) is 28.9 Å². The highest BCUT2D eigenvalue weighted by Crippen LogP contribution is 2.39. The van der Waals surface area contributed by atoms with E-state index < -0.39 is 5.60 Å². The molecule has 0 aliphatic carbocycles. The second-order valence-electron chi connectivity index (χ2n) is 4.68. The molecule has 4 heteroatoms. The van der Waals surface area contributed by atoms with Crippen molar-refractivity contribution >= 4 is 27.5 Å². The molecule has 0 spiro atoms. The Labute approximate surface area is 110 Å². The van der Waals surface area contributed by atoms with Crippen molar-refractivity contribution in [3.63, 3.8) is 0 Å². The van der Waals surface area contributed by atoms with Crippen LogP contribution in [0.4, 0.5) is 5.69 Å². The summed E-state index contributed by atoms with van der Waals surface area (Å²) in [6.07, 6.45) is 0.928. The minimum absolute atomic E-state index is 0.0224. The summed E-state index contributed by atoms with van der Waals surface area (Å²) < 4.78 is 6.72. The van der Waals surface area contributed by atoms with E-state index in [9.17, 15) is 4.79 Å². The summed E-state index contributed by atoms with van der Waals surface area (Å²) in [4.78, 5) is 14.1. The third kappa shape index (κ3) is 2.18. The number of ether oxygens (including phenoxy) is 1. The highest BCUT2D eigenvalue weighted by atomic mass is 79.9. The molecule has 92 valence electrons. The lowest BCUT2D eigenvalue weighted by molar-refractivity contribution is -0.132. The molecule has 0 bridgehead atoms. The van der Waals surface area contributed by atoms with Gasteiger partial charge in [-0.25, -0.2) is 0 Å². The highest BCUT2D eigenvalue weighted by Gasteiger charge is 2.40. The number of fused-ring (bicyclic) bond motifs is 1. The molecule has 0 aromatic heterocycles. The number of benzene rings is 1. The van der Waals surface area contributed by atoms with E-state index in [1.165, 1.54) is 0 Å². The Morgan fingerprint density at radius 2 is 2.12 bits per heavy atom. The van der Waals surface area contributed by atoms with Crippen LogP contribution in [-0.2, 0) is 4.79 Å². The fraction of sp³-hybridized carbons (Fsp3) is 0.462. The average Bonchev–Trinajstić information content (AvgIpc) is 2.24. The SMILES string of the molecule is CCCN1C(=O)C(C)(C)Oc2cc(Br)ccc21. The molecule has 1 aromatic carbocycles.